The Morgan fingerprint density at radius 1 is 0.968 bits per heavy atom. The van der Waals surface area contributed by atoms with Crippen molar-refractivity contribution in [3.8, 4) is 11.1 Å². The molecular formula is C24H28N6O. The molecule has 4 rings (SSSR count). The van der Waals surface area contributed by atoms with Crippen molar-refractivity contribution in [3.05, 3.63) is 66.5 Å². The van der Waals surface area contributed by atoms with Crippen molar-refractivity contribution in [3.63, 3.8) is 0 Å². The van der Waals surface area contributed by atoms with Crippen molar-refractivity contribution in [2.24, 2.45) is 0 Å². The highest BCUT2D eigenvalue weighted by Crippen LogP contribution is 2.23. The average Bonchev–Trinajstić information content (AvgIpc) is 3.25. The topological polar surface area (TPSA) is 87.9 Å². The molecular weight excluding hydrogens is 388 g/mol. The lowest BCUT2D eigenvalue weighted by molar-refractivity contribution is 0.271. The van der Waals surface area contributed by atoms with E-state index in [0.29, 0.717) is 18.3 Å². The molecule has 7 nitrogen and oxygen atoms in total. The third kappa shape index (κ3) is 4.67. The Labute approximate surface area is 182 Å². The SMILES string of the molecule is CCC(CO)Nc1nc(NCc2ccc(-c3ccccc3)cc2)c2ncn(CC)c2n1. The van der Waals surface area contributed by atoms with Crippen LogP contribution in [0.1, 0.15) is 25.8 Å². The lowest BCUT2D eigenvalue weighted by Gasteiger charge is -2.15. The van der Waals surface area contributed by atoms with Gasteiger partial charge in [0.2, 0.25) is 5.95 Å². The van der Waals surface area contributed by atoms with Crippen LogP contribution >= 0.6 is 0 Å². The molecule has 0 aliphatic carbocycles. The molecule has 0 saturated heterocycles. The zero-order valence-corrected chi connectivity index (χ0v) is 17.9. The molecule has 0 radical (unpaired) electrons. The van der Waals surface area contributed by atoms with E-state index in [0.717, 1.165) is 29.7 Å². The van der Waals surface area contributed by atoms with Crippen LogP contribution in [-0.2, 0) is 13.1 Å². The number of fused-ring (bicyclic) bond motifs is 1. The molecule has 160 valence electrons. The number of aromatic nitrogens is 4. The summed E-state index contributed by atoms with van der Waals surface area (Å²) in [6.45, 7) is 5.49. The molecule has 0 aliphatic heterocycles. The van der Waals surface area contributed by atoms with Gasteiger partial charge in [-0.3, -0.25) is 0 Å². The predicted octanol–water partition coefficient (Wildman–Crippen LogP) is 4.31. The van der Waals surface area contributed by atoms with Gasteiger partial charge in [-0.25, -0.2) is 4.98 Å². The summed E-state index contributed by atoms with van der Waals surface area (Å²) in [5.41, 5.74) is 5.06. The van der Waals surface area contributed by atoms with Gasteiger partial charge in [0.05, 0.1) is 19.0 Å². The number of aryl methyl sites for hydroxylation is 1. The number of imidazole rings is 1. The molecule has 2 aromatic carbocycles. The summed E-state index contributed by atoms with van der Waals surface area (Å²) in [6, 6.07) is 18.8. The van der Waals surface area contributed by atoms with Crippen molar-refractivity contribution >= 4 is 22.9 Å². The number of hydrogen-bond acceptors (Lipinski definition) is 6. The Balaban J connectivity index is 1.56. The molecule has 1 unspecified atom stereocenters. The fourth-order valence-electron chi connectivity index (χ4n) is 3.45. The van der Waals surface area contributed by atoms with Gasteiger partial charge in [0.25, 0.3) is 0 Å². The van der Waals surface area contributed by atoms with E-state index in [1.807, 2.05) is 29.7 Å². The molecule has 1 atom stereocenters. The molecule has 3 N–H and O–H groups in total. The summed E-state index contributed by atoms with van der Waals surface area (Å²) in [5.74, 6) is 1.17. The van der Waals surface area contributed by atoms with E-state index in [2.05, 4.69) is 68.9 Å². The van der Waals surface area contributed by atoms with Gasteiger partial charge < -0.3 is 20.3 Å². The minimum absolute atomic E-state index is 0.0292. The predicted molar refractivity (Wildman–Crippen MR) is 125 cm³/mol. The van der Waals surface area contributed by atoms with E-state index >= 15 is 0 Å². The van der Waals surface area contributed by atoms with Crippen molar-refractivity contribution in [2.75, 3.05) is 17.2 Å². The maximum absolute atomic E-state index is 9.54. The second-order valence-corrected chi connectivity index (χ2v) is 7.45. The van der Waals surface area contributed by atoms with Crippen LogP contribution < -0.4 is 10.6 Å². The van der Waals surface area contributed by atoms with Gasteiger partial charge in [0, 0.05) is 13.1 Å². The van der Waals surface area contributed by atoms with Crippen LogP contribution in [0.25, 0.3) is 22.3 Å². The van der Waals surface area contributed by atoms with Crippen LogP contribution in [0.3, 0.4) is 0 Å². The molecule has 4 aromatic rings. The lowest BCUT2D eigenvalue weighted by atomic mass is 10.0. The standard InChI is InChI=1S/C24H28N6O/c1-3-20(15-31)27-24-28-22(21-23(29-24)30(4-2)16-26-21)25-14-17-10-12-19(13-11-17)18-8-6-5-7-9-18/h5-13,16,20,31H,3-4,14-15H2,1-2H3,(H2,25,27,28,29). The van der Waals surface area contributed by atoms with Crippen molar-refractivity contribution in [1.82, 2.24) is 19.5 Å². The first-order valence-corrected chi connectivity index (χ1v) is 10.7. The third-order valence-corrected chi connectivity index (χ3v) is 5.37. The van der Waals surface area contributed by atoms with E-state index < -0.39 is 0 Å². The van der Waals surface area contributed by atoms with E-state index in [1.54, 1.807) is 6.33 Å². The number of aliphatic hydroxyl groups is 1. The monoisotopic (exact) mass is 416 g/mol. The smallest absolute Gasteiger partial charge is 0.227 e. The zero-order chi connectivity index (χ0) is 21.6. The molecule has 0 saturated carbocycles. The third-order valence-electron chi connectivity index (χ3n) is 5.37. The first-order chi connectivity index (χ1) is 15.2. The zero-order valence-electron chi connectivity index (χ0n) is 17.9. The first-order valence-electron chi connectivity index (χ1n) is 10.7. The Kier molecular flexibility index (Phi) is 6.43. The van der Waals surface area contributed by atoms with E-state index in [4.69, 9.17) is 0 Å². The second kappa shape index (κ2) is 9.57. The second-order valence-electron chi connectivity index (χ2n) is 7.45. The first kappa shape index (κ1) is 20.8. The molecule has 2 heterocycles. The van der Waals surface area contributed by atoms with Gasteiger partial charge in [-0.15, -0.1) is 0 Å². The summed E-state index contributed by atoms with van der Waals surface area (Å²) in [5, 5.41) is 16.2. The summed E-state index contributed by atoms with van der Waals surface area (Å²) in [4.78, 5) is 13.8. The highest BCUT2D eigenvalue weighted by atomic mass is 16.3. The highest BCUT2D eigenvalue weighted by Gasteiger charge is 2.15. The van der Waals surface area contributed by atoms with Crippen LogP contribution in [0.2, 0.25) is 0 Å². The fourth-order valence-corrected chi connectivity index (χ4v) is 3.45. The van der Waals surface area contributed by atoms with Gasteiger partial charge in [-0.1, -0.05) is 61.5 Å². The normalized spacial score (nSPS) is 12.1. The summed E-state index contributed by atoms with van der Waals surface area (Å²) < 4.78 is 1.99. The molecule has 31 heavy (non-hydrogen) atoms. The van der Waals surface area contributed by atoms with Crippen molar-refractivity contribution in [1.29, 1.82) is 0 Å². The maximum Gasteiger partial charge on any atom is 0.227 e. The molecule has 0 fully saturated rings. The van der Waals surface area contributed by atoms with Crippen LogP contribution in [-0.4, -0.2) is 37.3 Å². The van der Waals surface area contributed by atoms with Crippen molar-refractivity contribution < 1.29 is 5.11 Å². The largest absolute Gasteiger partial charge is 0.394 e. The minimum atomic E-state index is -0.0890. The van der Waals surface area contributed by atoms with Crippen LogP contribution in [0.4, 0.5) is 11.8 Å². The number of anilines is 2. The summed E-state index contributed by atoms with van der Waals surface area (Å²) in [7, 11) is 0. The summed E-state index contributed by atoms with van der Waals surface area (Å²) in [6.07, 6.45) is 2.56. The fraction of sp³-hybridized carbons (Fsp3) is 0.292. The average molecular weight is 417 g/mol. The quantitative estimate of drug-likeness (QED) is 0.377. The Morgan fingerprint density at radius 3 is 2.39 bits per heavy atom. The van der Waals surface area contributed by atoms with Crippen LogP contribution in [0.15, 0.2) is 60.9 Å². The Hall–Kier alpha value is -3.45. The minimum Gasteiger partial charge on any atom is -0.394 e. The van der Waals surface area contributed by atoms with Crippen molar-refractivity contribution in [2.45, 2.75) is 39.4 Å². The molecule has 7 heteroatoms. The van der Waals surface area contributed by atoms with E-state index in [-0.39, 0.29) is 12.6 Å². The number of rotatable bonds is 9. The van der Waals surface area contributed by atoms with Gasteiger partial charge in [-0.05, 0) is 30.0 Å². The van der Waals surface area contributed by atoms with Gasteiger partial charge in [0.15, 0.2) is 17.0 Å². The van der Waals surface area contributed by atoms with E-state index in [1.165, 1.54) is 11.1 Å². The molecule has 0 aliphatic rings. The molecule has 2 aromatic heterocycles. The number of nitrogens with one attached hydrogen (secondary N) is 2. The number of benzene rings is 2. The lowest BCUT2D eigenvalue weighted by Crippen LogP contribution is -2.24. The van der Waals surface area contributed by atoms with Crippen LogP contribution in [0.5, 0.6) is 0 Å². The van der Waals surface area contributed by atoms with Gasteiger partial charge in [0.1, 0.15) is 0 Å². The maximum atomic E-state index is 9.54. The molecule has 0 spiro atoms. The number of aliphatic hydroxyl groups excluding tert-OH is 1. The Morgan fingerprint density at radius 2 is 1.71 bits per heavy atom. The van der Waals surface area contributed by atoms with Gasteiger partial charge in [-0.2, -0.15) is 9.97 Å². The summed E-state index contributed by atoms with van der Waals surface area (Å²) >= 11 is 0. The van der Waals surface area contributed by atoms with Crippen LogP contribution in [0, 0.1) is 0 Å². The molecule has 0 amide bonds. The highest BCUT2D eigenvalue weighted by molar-refractivity contribution is 5.84. The number of nitrogens with zero attached hydrogens (tertiary/aromatic N) is 4. The number of hydrogen-bond donors (Lipinski definition) is 3. The van der Waals surface area contributed by atoms with E-state index in [9.17, 15) is 5.11 Å². The molecule has 0 bridgehead atoms. The Bertz CT molecular complexity index is 1120. The van der Waals surface area contributed by atoms with Gasteiger partial charge >= 0.3 is 0 Å².